The summed E-state index contributed by atoms with van der Waals surface area (Å²) in [5.74, 6) is 6.21. The first-order chi connectivity index (χ1) is 13.2. The van der Waals surface area contributed by atoms with Crippen molar-refractivity contribution in [2.24, 2.45) is 5.73 Å². The Morgan fingerprint density at radius 2 is 2.19 bits per heavy atom. The first-order valence-electron chi connectivity index (χ1n) is 9.29. The molecule has 0 saturated carbocycles. The van der Waals surface area contributed by atoms with Gasteiger partial charge in [-0.15, -0.1) is 0 Å². The van der Waals surface area contributed by atoms with Crippen LogP contribution >= 0.6 is 0 Å². The molecule has 0 spiro atoms. The van der Waals surface area contributed by atoms with Crippen LogP contribution in [0.25, 0.3) is 22.2 Å². The van der Waals surface area contributed by atoms with Crippen LogP contribution in [0.4, 0.5) is 0 Å². The maximum Gasteiger partial charge on any atom is 0.138 e. The van der Waals surface area contributed by atoms with Gasteiger partial charge in [0.1, 0.15) is 12.3 Å². The van der Waals surface area contributed by atoms with Crippen LogP contribution in [0.15, 0.2) is 36.7 Å². The molecule has 3 N–H and O–H groups in total. The summed E-state index contributed by atoms with van der Waals surface area (Å²) in [4.78, 5) is 10.1. The van der Waals surface area contributed by atoms with E-state index >= 15 is 0 Å². The van der Waals surface area contributed by atoms with Crippen LogP contribution < -0.4 is 5.73 Å². The second-order valence-corrected chi connectivity index (χ2v) is 6.94. The molecule has 0 radical (unpaired) electrons. The van der Waals surface area contributed by atoms with Crippen molar-refractivity contribution in [1.82, 2.24) is 14.9 Å². The van der Waals surface area contributed by atoms with Crippen molar-refractivity contribution in [3.63, 3.8) is 0 Å². The van der Waals surface area contributed by atoms with Crippen molar-refractivity contribution >= 4 is 11.0 Å². The van der Waals surface area contributed by atoms with E-state index in [1.54, 1.807) is 0 Å². The summed E-state index contributed by atoms with van der Waals surface area (Å²) in [6.45, 7) is 3.55. The lowest BCUT2D eigenvalue weighted by Gasteiger charge is -2.25. The van der Waals surface area contributed by atoms with Gasteiger partial charge in [-0.05, 0) is 42.3 Å². The van der Waals surface area contributed by atoms with E-state index in [2.05, 4.69) is 58.0 Å². The number of ether oxygens (including phenoxy) is 1. The molecule has 27 heavy (non-hydrogen) atoms. The molecule has 0 atom stereocenters. The van der Waals surface area contributed by atoms with Crippen molar-refractivity contribution < 1.29 is 4.74 Å². The standard InChI is InChI=1S/C22H24N4O/c1-26-8-6-16-4-5-17(11-20(16)15-26)19-12-21-18(3-2-9-27-10-7-23)13-24-22(21)25-14-19/h4-5,11-14H,6-10,15,23H2,1H3,(H,24,25). The Labute approximate surface area is 159 Å². The summed E-state index contributed by atoms with van der Waals surface area (Å²) < 4.78 is 5.32. The minimum atomic E-state index is 0.384. The van der Waals surface area contributed by atoms with Gasteiger partial charge in [-0.2, -0.15) is 0 Å². The molecule has 5 heteroatoms. The molecule has 1 aliphatic heterocycles. The molecule has 2 aromatic heterocycles. The lowest BCUT2D eigenvalue weighted by atomic mass is 9.95. The largest absolute Gasteiger partial charge is 0.367 e. The van der Waals surface area contributed by atoms with E-state index in [0.717, 1.165) is 41.7 Å². The monoisotopic (exact) mass is 360 g/mol. The molecule has 3 heterocycles. The van der Waals surface area contributed by atoms with Crippen LogP contribution in [0.3, 0.4) is 0 Å². The Morgan fingerprint density at radius 1 is 1.26 bits per heavy atom. The SMILES string of the molecule is CN1CCc2ccc(-c3cnc4[nH]cc(C#CCOCCN)c4c3)cc2C1. The highest BCUT2D eigenvalue weighted by molar-refractivity contribution is 5.87. The zero-order chi connectivity index (χ0) is 18.6. The number of likely N-dealkylation sites (N-methyl/N-ethyl adjacent to an activating group) is 1. The number of H-pyrrole nitrogens is 1. The fourth-order valence-electron chi connectivity index (χ4n) is 3.48. The summed E-state index contributed by atoms with van der Waals surface area (Å²) in [5, 5.41) is 1.04. The van der Waals surface area contributed by atoms with Crippen molar-refractivity contribution in [2.45, 2.75) is 13.0 Å². The molecule has 1 aromatic carbocycles. The van der Waals surface area contributed by atoms with Gasteiger partial charge in [-0.3, -0.25) is 0 Å². The third-order valence-electron chi connectivity index (χ3n) is 4.93. The normalized spacial score (nSPS) is 14.0. The average Bonchev–Trinajstić information content (AvgIpc) is 3.09. The van der Waals surface area contributed by atoms with Crippen molar-refractivity contribution in [3.8, 4) is 23.0 Å². The molecule has 0 amide bonds. The first-order valence-corrected chi connectivity index (χ1v) is 9.29. The van der Waals surface area contributed by atoms with Gasteiger partial charge in [0.2, 0.25) is 0 Å². The second-order valence-electron chi connectivity index (χ2n) is 6.94. The van der Waals surface area contributed by atoms with E-state index in [0.29, 0.717) is 19.8 Å². The molecule has 4 rings (SSSR count). The van der Waals surface area contributed by atoms with E-state index in [-0.39, 0.29) is 0 Å². The molecule has 0 fully saturated rings. The van der Waals surface area contributed by atoms with E-state index < -0.39 is 0 Å². The molecule has 3 aromatic rings. The highest BCUT2D eigenvalue weighted by Crippen LogP contribution is 2.28. The molecule has 0 bridgehead atoms. The number of nitrogens with zero attached hydrogens (tertiary/aromatic N) is 2. The summed E-state index contributed by atoms with van der Waals surface area (Å²) in [6, 6.07) is 8.92. The highest BCUT2D eigenvalue weighted by atomic mass is 16.5. The number of nitrogens with two attached hydrogens (primary N) is 1. The van der Waals surface area contributed by atoms with Gasteiger partial charge >= 0.3 is 0 Å². The van der Waals surface area contributed by atoms with Crippen molar-refractivity contribution in [3.05, 3.63) is 53.3 Å². The number of nitrogens with one attached hydrogen (secondary N) is 1. The van der Waals surface area contributed by atoms with Gasteiger partial charge < -0.3 is 20.4 Å². The number of rotatable bonds is 4. The molecule has 1 aliphatic rings. The number of aromatic amines is 1. The molecular weight excluding hydrogens is 336 g/mol. The van der Waals surface area contributed by atoms with Gasteiger partial charge in [0.05, 0.1) is 12.2 Å². The van der Waals surface area contributed by atoms with E-state index in [1.165, 1.54) is 16.7 Å². The average molecular weight is 360 g/mol. The van der Waals surface area contributed by atoms with Crippen LogP contribution in [0, 0.1) is 11.8 Å². The molecule has 138 valence electrons. The Hall–Kier alpha value is -2.65. The summed E-state index contributed by atoms with van der Waals surface area (Å²) in [7, 11) is 2.17. The Bertz CT molecular complexity index is 1010. The van der Waals surface area contributed by atoms with Gasteiger partial charge in [-0.25, -0.2) is 4.98 Å². The lowest BCUT2D eigenvalue weighted by molar-refractivity contribution is 0.175. The summed E-state index contributed by atoms with van der Waals surface area (Å²) in [5.41, 5.74) is 12.4. The van der Waals surface area contributed by atoms with E-state index in [4.69, 9.17) is 10.5 Å². The maximum atomic E-state index is 5.41. The van der Waals surface area contributed by atoms with Gasteiger partial charge in [-0.1, -0.05) is 24.0 Å². The fraction of sp³-hybridized carbons (Fsp3) is 0.318. The number of pyridine rings is 1. The lowest BCUT2D eigenvalue weighted by Crippen LogP contribution is -2.26. The fourth-order valence-corrected chi connectivity index (χ4v) is 3.48. The second kappa shape index (κ2) is 7.93. The number of hydrogen-bond donors (Lipinski definition) is 2. The number of aromatic nitrogens is 2. The van der Waals surface area contributed by atoms with Crippen LogP contribution in [0.1, 0.15) is 16.7 Å². The van der Waals surface area contributed by atoms with Gasteiger partial charge in [0.15, 0.2) is 0 Å². The predicted octanol–water partition coefficient (Wildman–Crippen LogP) is 2.54. The molecule has 0 unspecified atom stereocenters. The molecule has 0 saturated heterocycles. The Morgan fingerprint density at radius 3 is 3.07 bits per heavy atom. The Balaban J connectivity index is 1.63. The summed E-state index contributed by atoms with van der Waals surface area (Å²) >= 11 is 0. The van der Waals surface area contributed by atoms with Crippen LogP contribution in [0.2, 0.25) is 0 Å². The van der Waals surface area contributed by atoms with Crippen LogP contribution in [0.5, 0.6) is 0 Å². The Kier molecular flexibility index (Phi) is 5.21. The topological polar surface area (TPSA) is 67.2 Å². The van der Waals surface area contributed by atoms with Crippen LogP contribution in [-0.4, -0.2) is 48.2 Å². The molecule has 0 aliphatic carbocycles. The number of benzene rings is 1. The number of hydrogen-bond acceptors (Lipinski definition) is 4. The zero-order valence-electron chi connectivity index (χ0n) is 15.6. The predicted molar refractivity (Wildman–Crippen MR) is 108 cm³/mol. The smallest absolute Gasteiger partial charge is 0.138 e. The molecular formula is C22H24N4O. The molecule has 5 nitrogen and oxygen atoms in total. The van der Waals surface area contributed by atoms with Crippen molar-refractivity contribution in [2.75, 3.05) is 33.4 Å². The third kappa shape index (κ3) is 3.88. The maximum absolute atomic E-state index is 5.41. The van der Waals surface area contributed by atoms with Crippen molar-refractivity contribution in [1.29, 1.82) is 0 Å². The van der Waals surface area contributed by atoms with E-state index in [9.17, 15) is 0 Å². The minimum Gasteiger partial charge on any atom is -0.367 e. The number of fused-ring (bicyclic) bond motifs is 2. The highest BCUT2D eigenvalue weighted by Gasteiger charge is 2.14. The van der Waals surface area contributed by atoms with E-state index in [1.807, 2.05) is 12.4 Å². The minimum absolute atomic E-state index is 0.384. The first kappa shape index (κ1) is 17.7. The quantitative estimate of drug-likeness (QED) is 0.554. The third-order valence-corrected chi connectivity index (χ3v) is 4.93. The van der Waals surface area contributed by atoms with Gasteiger partial charge in [0.25, 0.3) is 0 Å². The zero-order valence-corrected chi connectivity index (χ0v) is 15.6. The van der Waals surface area contributed by atoms with Gasteiger partial charge in [0, 0.05) is 43.0 Å². The van der Waals surface area contributed by atoms with Crippen LogP contribution in [-0.2, 0) is 17.7 Å². The summed E-state index contributed by atoms with van der Waals surface area (Å²) in [6.07, 6.45) is 4.95.